The topological polar surface area (TPSA) is 44.9 Å². The Balaban J connectivity index is 1.97. The van der Waals surface area contributed by atoms with Crippen LogP contribution in [-0.2, 0) is 0 Å². The van der Waals surface area contributed by atoms with Gasteiger partial charge in [0, 0.05) is 12.2 Å². The highest BCUT2D eigenvalue weighted by atomic mass is 19.1. The fourth-order valence-electron chi connectivity index (χ4n) is 1.63. The van der Waals surface area contributed by atoms with Crippen LogP contribution in [0.4, 0.5) is 14.5 Å². The van der Waals surface area contributed by atoms with Crippen LogP contribution in [0.3, 0.4) is 0 Å². The van der Waals surface area contributed by atoms with E-state index < -0.39 is 0 Å². The molecule has 18 heavy (non-hydrogen) atoms. The smallest absolute Gasteiger partial charge is 0.123 e. The lowest BCUT2D eigenvalue weighted by Crippen LogP contribution is -2.28. The highest BCUT2D eigenvalue weighted by Gasteiger charge is 2.16. The molecule has 0 aliphatic carbocycles. The number of nitrogens with zero attached hydrogens (tertiary/aromatic N) is 3. The molecular weight excluding hydrogens is 238 g/mol. The molecule has 0 amide bonds. The van der Waals surface area contributed by atoms with Gasteiger partial charge in [-0.05, 0) is 29.8 Å². The molecular formula is C12H14F2N4. The fourth-order valence-corrected chi connectivity index (χ4v) is 1.63. The Morgan fingerprint density at radius 1 is 1.39 bits per heavy atom. The standard InChI is InChI=1S/C12H14F2N4/c13-5-10(6-15)7-18-9-17(8-16-18)12-3-1-11(14)2-4-12/h1-5,8H,6-7,9,15H2/b10-5-. The normalized spacial score (nSPS) is 15.6. The summed E-state index contributed by atoms with van der Waals surface area (Å²) in [5, 5.41) is 5.81. The van der Waals surface area contributed by atoms with Gasteiger partial charge in [-0.15, -0.1) is 0 Å². The van der Waals surface area contributed by atoms with E-state index in [1.807, 2.05) is 4.90 Å². The minimum absolute atomic E-state index is 0.166. The van der Waals surface area contributed by atoms with E-state index in [0.29, 0.717) is 25.1 Å². The zero-order chi connectivity index (χ0) is 13.0. The van der Waals surface area contributed by atoms with Crippen LogP contribution < -0.4 is 10.6 Å². The van der Waals surface area contributed by atoms with Gasteiger partial charge in [-0.3, -0.25) is 5.01 Å². The molecule has 0 atom stereocenters. The van der Waals surface area contributed by atoms with Crippen LogP contribution in [0.5, 0.6) is 0 Å². The van der Waals surface area contributed by atoms with E-state index in [4.69, 9.17) is 5.73 Å². The zero-order valence-electron chi connectivity index (χ0n) is 9.76. The van der Waals surface area contributed by atoms with Crippen LogP contribution in [0, 0.1) is 5.82 Å². The third kappa shape index (κ3) is 2.84. The first-order chi connectivity index (χ1) is 8.72. The van der Waals surface area contributed by atoms with Gasteiger partial charge >= 0.3 is 0 Å². The molecule has 1 heterocycles. The van der Waals surface area contributed by atoms with Gasteiger partial charge in [-0.2, -0.15) is 5.10 Å². The number of anilines is 1. The maximum Gasteiger partial charge on any atom is 0.123 e. The molecule has 0 saturated heterocycles. The minimum Gasteiger partial charge on any atom is -0.327 e. The predicted molar refractivity (Wildman–Crippen MR) is 67.2 cm³/mol. The third-order valence-electron chi connectivity index (χ3n) is 2.63. The molecule has 6 heteroatoms. The van der Waals surface area contributed by atoms with Crippen molar-refractivity contribution in [2.45, 2.75) is 0 Å². The highest BCUT2D eigenvalue weighted by Crippen LogP contribution is 2.17. The first-order valence-electron chi connectivity index (χ1n) is 5.52. The number of rotatable bonds is 4. The molecule has 0 saturated carbocycles. The molecule has 4 nitrogen and oxygen atoms in total. The van der Waals surface area contributed by atoms with Crippen molar-refractivity contribution in [1.82, 2.24) is 5.01 Å². The largest absolute Gasteiger partial charge is 0.327 e. The second kappa shape index (κ2) is 5.59. The summed E-state index contributed by atoms with van der Waals surface area (Å²) in [6, 6.07) is 6.11. The maximum atomic E-state index is 12.8. The van der Waals surface area contributed by atoms with Gasteiger partial charge in [0.25, 0.3) is 0 Å². The van der Waals surface area contributed by atoms with Gasteiger partial charge in [-0.25, -0.2) is 8.78 Å². The van der Waals surface area contributed by atoms with E-state index in [-0.39, 0.29) is 12.4 Å². The molecule has 1 aliphatic heterocycles. The van der Waals surface area contributed by atoms with Crippen LogP contribution in [0.2, 0.25) is 0 Å². The van der Waals surface area contributed by atoms with E-state index in [1.54, 1.807) is 23.5 Å². The van der Waals surface area contributed by atoms with Crippen molar-refractivity contribution in [3.63, 3.8) is 0 Å². The summed E-state index contributed by atoms with van der Waals surface area (Å²) in [6.07, 6.45) is 2.13. The Bertz CT molecular complexity index is 456. The summed E-state index contributed by atoms with van der Waals surface area (Å²) in [5.41, 5.74) is 6.70. The van der Waals surface area contributed by atoms with Crippen LogP contribution in [0.1, 0.15) is 0 Å². The Labute approximate surface area is 104 Å². The Morgan fingerprint density at radius 2 is 2.11 bits per heavy atom. The summed E-state index contributed by atoms with van der Waals surface area (Å²) in [4.78, 5) is 1.84. The first-order valence-corrected chi connectivity index (χ1v) is 5.52. The number of hydrogen-bond donors (Lipinski definition) is 1. The van der Waals surface area contributed by atoms with Crippen molar-refractivity contribution in [1.29, 1.82) is 0 Å². The Morgan fingerprint density at radius 3 is 2.72 bits per heavy atom. The molecule has 0 radical (unpaired) electrons. The molecule has 1 aromatic carbocycles. The van der Waals surface area contributed by atoms with Gasteiger partial charge in [-0.1, -0.05) is 0 Å². The maximum absolute atomic E-state index is 12.8. The molecule has 2 N–H and O–H groups in total. The van der Waals surface area contributed by atoms with Crippen molar-refractivity contribution in [3.05, 3.63) is 42.0 Å². The lowest BCUT2D eigenvalue weighted by molar-refractivity contribution is 0.343. The van der Waals surface area contributed by atoms with Crippen LogP contribution >= 0.6 is 0 Å². The second-order valence-electron chi connectivity index (χ2n) is 3.95. The molecule has 1 aliphatic rings. The molecule has 0 bridgehead atoms. The first kappa shape index (κ1) is 12.5. The van der Waals surface area contributed by atoms with Crippen molar-refractivity contribution >= 4 is 12.0 Å². The number of halogens is 2. The number of hydrogen-bond acceptors (Lipinski definition) is 4. The predicted octanol–water partition coefficient (Wildman–Crippen LogP) is 1.66. The van der Waals surface area contributed by atoms with E-state index in [2.05, 4.69) is 5.10 Å². The average Bonchev–Trinajstić information content (AvgIpc) is 2.85. The molecule has 0 spiro atoms. The van der Waals surface area contributed by atoms with E-state index in [0.717, 1.165) is 5.69 Å². The molecule has 1 aromatic rings. The summed E-state index contributed by atoms with van der Waals surface area (Å²) in [5.74, 6) is -0.280. The van der Waals surface area contributed by atoms with Crippen molar-refractivity contribution in [3.8, 4) is 0 Å². The summed E-state index contributed by atoms with van der Waals surface area (Å²) < 4.78 is 25.2. The molecule has 2 rings (SSSR count). The number of hydrazone groups is 1. The molecule has 0 unspecified atom stereocenters. The Kier molecular flexibility index (Phi) is 3.88. The fraction of sp³-hybridized carbons (Fsp3) is 0.250. The van der Waals surface area contributed by atoms with Gasteiger partial charge in [0.2, 0.25) is 0 Å². The van der Waals surface area contributed by atoms with Crippen molar-refractivity contribution in [2.75, 3.05) is 24.7 Å². The summed E-state index contributed by atoms with van der Waals surface area (Å²) in [6.45, 7) is 1.00. The lowest BCUT2D eigenvalue weighted by atomic mass is 10.3. The molecule has 0 aromatic heterocycles. The van der Waals surface area contributed by atoms with Gasteiger partial charge < -0.3 is 10.6 Å². The highest BCUT2D eigenvalue weighted by molar-refractivity contribution is 5.80. The third-order valence-corrected chi connectivity index (χ3v) is 2.63. The molecule has 0 fully saturated rings. The van der Waals surface area contributed by atoms with Gasteiger partial charge in [0.05, 0.1) is 12.9 Å². The van der Waals surface area contributed by atoms with E-state index in [9.17, 15) is 8.78 Å². The summed E-state index contributed by atoms with van der Waals surface area (Å²) in [7, 11) is 0. The van der Waals surface area contributed by atoms with Crippen molar-refractivity contribution in [2.24, 2.45) is 10.8 Å². The number of nitrogens with two attached hydrogens (primary N) is 1. The monoisotopic (exact) mass is 252 g/mol. The zero-order valence-corrected chi connectivity index (χ0v) is 9.76. The van der Waals surface area contributed by atoms with Gasteiger partial charge in [0.15, 0.2) is 0 Å². The van der Waals surface area contributed by atoms with E-state index >= 15 is 0 Å². The molecule has 96 valence electrons. The second-order valence-corrected chi connectivity index (χ2v) is 3.95. The van der Waals surface area contributed by atoms with Crippen LogP contribution in [-0.4, -0.2) is 31.1 Å². The minimum atomic E-state index is -0.280. The number of benzene rings is 1. The summed E-state index contributed by atoms with van der Waals surface area (Å²) >= 11 is 0. The Hall–Kier alpha value is -1.95. The van der Waals surface area contributed by atoms with E-state index in [1.165, 1.54) is 12.1 Å². The average molecular weight is 252 g/mol. The van der Waals surface area contributed by atoms with Gasteiger partial charge in [0.1, 0.15) is 18.8 Å². The van der Waals surface area contributed by atoms with Crippen molar-refractivity contribution < 1.29 is 8.78 Å². The SMILES string of the molecule is NC/C(=C/F)CN1CN(c2ccc(F)cc2)C=N1. The quantitative estimate of drug-likeness (QED) is 0.886. The lowest BCUT2D eigenvalue weighted by Gasteiger charge is -2.19. The van der Waals surface area contributed by atoms with Crippen LogP contribution in [0.25, 0.3) is 0 Å². The van der Waals surface area contributed by atoms with Crippen LogP contribution in [0.15, 0.2) is 41.3 Å².